The fourth-order valence-electron chi connectivity index (χ4n) is 3.16. The fourth-order valence-corrected chi connectivity index (χ4v) is 7.75. The van der Waals surface area contributed by atoms with Gasteiger partial charge >= 0.3 is 5.97 Å². The lowest BCUT2D eigenvalue weighted by Crippen LogP contribution is -2.59. The minimum atomic E-state index is -2.15. The highest BCUT2D eigenvalue weighted by molar-refractivity contribution is 6.72. The number of ether oxygens (including phenoxy) is 1. The van der Waals surface area contributed by atoms with Crippen LogP contribution in [0, 0.1) is 0 Å². The summed E-state index contributed by atoms with van der Waals surface area (Å²) in [6.07, 6.45) is -2.50. The molecule has 0 heterocycles. The first-order chi connectivity index (χ1) is 14.8. The van der Waals surface area contributed by atoms with Gasteiger partial charge in [-0.3, -0.25) is 4.79 Å². The maximum absolute atomic E-state index is 13.5. The van der Waals surface area contributed by atoms with Crippen molar-refractivity contribution in [3.05, 3.63) is 0 Å². The minimum Gasteiger partial charge on any atom is -0.518 e. The molecule has 0 aliphatic carbocycles. The van der Waals surface area contributed by atoms with E-state index in [1.165, 1.54) is 0 Å². The number of methoxy groups -OCH3 is 1. The number of hydrogen-bond donors (Lipinski definition) is 0. The lowest BCUT2D eigenvalue weighted by atomic mass is 10.0. The van der Waals surface area contributed by atoms with Gasteiger partial charge in [0.05, 0.1) is 12.7 Å². The maximum atomic E-state index is 13.5. The molecule has 0 bridgehead atoms. The van der Waals surface area contributed by atoms with Crippen LogP contribution in [0.15, 0.2) is 0 Å². The van der Waals surface area contributed by atoms with Crippen LogP contribution in [-0.4, -0.2) is 85.7 Å². The third kappa shape index (κ3) is 16.2. The van der Waals surface area contributed by atoms with Crippen molar-refractivity contribution in [2.45, 2.75) is 123 Å². The van der Waals surface area contributed by atoms with Crippen molar-refractivity contribution < 1.29 is 31.7 Å². The predicted octanol–water partition coefficient (Wildman–Crippen LogP) is 5.89. The van der Waals surface area contributed by atoms with E-state index in [4.69, 9.17) is 26.9 Å². The lowest BCUT2D eigenvalue weighted by Gasteiger charge is -2.43. The van der Waals surface area contributed by atoms with Crippen molar-refractivity contribution in [2.24, 2.45) is 0 Å². The molecular formula is C22H54O7Si5. The Hall–Kier alpha value is 0.354. The molecule has 0 radical (unpaired) electrons. The van der Waals surface area contributed by atoms with E-state index in [-0.39, 0.29) is 12.1 Å². The van der Waals surface area contributed by atoms with Crippen LogP contribution in [0.5, 0.6) is 0 Å². The van der Waals surface area contributed by atoms with Gasteiger partial charge < -0.3 is 26.9 Å². The van der Waals surface area contributed by atoms with Gasteiger partial charge in [-0.2, -0.15) is 0 Å². The van der Waals surface area contributed by atoms with Crippen LogP contribution >= 0.6 is 0 Å². The topological polar surface area (TPSA) is 72.5 Å². The summed E-state index contributed by atoms with van der Waals surface area (Å²) in [6.45, 7) is 31.9. The standard InChI is InChI=1S/C22H54O7Si5/c1-24-20(21(28-33(11,12)13)22(23)29-34(14,15)16)19(27-32(8,9)10)18(26-31(5,6)7)17-25-30(2,3)4/h18-21H,17H2,1-16H3/t18-,19+,20-,21+/m0/s1. The fraction of sp³-hybridized carbons (Fsp3) is 0.955. The van der Waals surface area contributed by atoms with Crippen molar-refractivity contribution in [3.8, 4) is 0 Å². The van der Waals surface area contributed by atoms with Crippen LogP contribution in [0.3, 0.4) is 0 Å². The smallest absolute Gasteiger partial charge is 0.323 e. The second-order valence-corrected chi connectivity index (χ2v) is 36.1. The van der Waals surface area contributed by atoms with Crippen LogP contribution in [-0.2, 0) is 31.7 Å². The normalized spacial score (nSPS) is 17.8. The lowest BCUT2D eigenvalue weighted by molar-refractivity contribution is -0.161. The van der Waals surface area contributed by atoms with Crippen molar-refractivity contribution in [3.63, 3.8) is 0 Å². The Labute approximate surface area is 215 Å². The average Bonchev–Trinajstić information content (AvgIpc) is 2.51. The Kier molecular flexibility index (Phi) is 12.9. The van der Waals surface area contributed by atoms with Crippen LogP contribution < -0.4 is 0 Å². The summed E-state index contributed by atoms with van der Waals surface area (Å²) in [5, 5.41) is 0. The minimum absolute atomic E-state index is 0.379. The number of carbonyl (C=O) groups excluding carboxylic acids is 1. The van der Waals surface area contributed by atoms with E-state index in [0.29, 0.717) is 6.61 Å². The third-order valence-electron chi connectivity index (χ3n) is 4.06. The number of hydrogen-bond acceptors (Lipinski definition) is 7. The quantitative estimate of drug-likeness (QED) is 0.227. The van der Waals surface area contributed by atoms with Crippen molar-refractivity contribution in [2.75, 3.05) is 13.7 Å². The molecular weight excluding hydrogens is 517 g/mol. The van der Waals surface area contributed by atoms with E-state index < -0.39 is 59.9 Å². The highest BCUT2D eigenvalue weighted by atomic mass is 28.4. The molecule has 0 aliphatic heterocycles. The second kappa shape index (κ2) is 12.7. The molecule has 0 saturated carbocycles. The van der Waals surface area contributed by atoms with Crippen molar-refractivity contribution >= 4 is 47.6 Å². The molecule has 0 amide bonds. The van der Waals surface area contributed by atoms with Crippen LogP contribution in [0.1, 0.15) is 0 Å². The summed E-state index contributed by atoms with van der Waals surface area (Å²) in [5.74, 6) is -0.379. The monoisotopic (exact) mass is 570 g/mol. The molecule has 12 heteroatoms. The number of carbonyl (C=O) groups is 1. The largest absolute Gasteiger partial charge is 0.518 e. The Morgan fingerprint density at radius 2 is 1.03 bits per heavy atom. The first-order valence-electron chi connectivity index (χ1n) is 12.3. The first kappa shape index (κ1) is 34.4. The molecule has 0 fully saturated rings. The summed E-state index contributed by atoms with van der Waals surface area (Å²) < 4.78 is 38.1. The van der Waals surface area contributed by atoms with Crippen LogP contribution in [0.4, 0.5) is 0 Å². The number of rotatable bonds is 15. The van der Waals surface area contributed by atoms with Gasteiger partial charge in [0, 0.05) is 7.11 Å². The molecule has 204 valence electrons. The second-order valence-electron chi connectivity index (χ2n) is 13.8. The van der Waals surface area contributed by atoms with E-state index in [9.17, 15) is 4.79 Å². The molecule has 0 aliphatic rings. The summed E-state index contributed by atoms with van der Waals surface area (Å²) in [6, 6.07) is 0. The van der Waals surface area contributed by atoms with Crippen LogP contribution in [0.2, 0.25) is 98.2 Å². The van der Waals surface area contributed by atoms with Gasteiger partial charge in [0.2, 0.25) is 8.32 Å². The summed E-state index contributed by atoms with van der Waals surface area (Å²) in [4.78, 5) is 13.5. The Morgan fingerprint density at radius 3 is 1.35 bits per heavy atom. The molecule has 0 aromatic carbocycles. The van der Waals surface area contributed by atoms with E-state index in [0.717, 1.165) is 0 Å². The van der Waals surface area contributed by atoms with Gasteiger partial charge in [-0.15, -0.1) is 0 Å². The van der Waals surface area contributed by atoms with Gasteiger partial charge in [-0.25, -0.2) is 0 Å². The van der Waals surface area contributed by atoms with Gasteiger partial charge in [-0.05, 0) is 98.2 Å². The molecule has 0 N–H and O–H groups in total. The average molecular weight is 571 g/mol. The Balaban J connectivity index is 6.57. The zero-order chi connectivity index (χ0) is 27.3. The van der Waals surface area contributed by atoms with Gasteiger partial charge in [0.1, 0.15) is 12.2 Å². The molecule has 0 unspecified atom stereocenters. The van der Waals surface area contributed by atoms with Crippen molar-refractivity contribution in [1.82, 2.24) is 0 Å². The van der Waals surface area contributed by atoms with Crippen LogP contribution in [0.25, 0.3) is 0 Å². The SMILES string of the molecule is CO[C@@H]([C@H](O[Si](C)(C)C)[C@H](CO[Si](C)(C)C)O[Si](C)(C)C)[C@@H](O[Si](C)(C)C)C(=O)O[Si](C)(C)C. The van der Waals surface area contributed by atoms with Gasteiger partial charge in [0.25, 0.3) is 0 Å². The molecule has 34 heavy (non-hydrogen) atoms. The van der Waals surface area contributed by atoms with E-state index >= 15 is 0 Å². The highest BCUT2D eigenvalue weighted by Crippen LogP contribution is 2.27. The van der Waals surface area contributed by atoms with E-state index in [1.54, 1.807) is 7.11 Å². The van der Waals surface area contributed by atoms with Gasteiger partial charge in [0.15, 0.2) is 39.4 Å². The molecule has 0 rings (SSSR count). The molecule has 0 spiro atoms. The zero-order valence-electron chi connectivity index (χ0n) is 24.9. The molecule has 0 saturated heterocycles. The van der Waals surface area contributed by atoms with E-state index in [2.05, 4.69) is 78.6 Å². The van der Waals surface area contributed by atoms with Crippen molar-refractivity contribution in [1.29, 1.82) is 0 Å². The molecule has 7 nitrogen and oxygen atoms in total. The maximum Gasteiger partial charge on any atom is 0.323 e. The highest BCUT2D eigenvalue weighted by Gasteiger charge is 2.46. The Bertz CT molecular complexity index is 628. The third-order valence-corrected chi connectivity index (χ3v) is 8.85. The Morgan fingerprint density at radius 1 is 0.588 bits per heavy atom. The molecule has 4 atom stereocenters. The zero-order valence-corrected chi connectivity index (χ0v) is 29.9. The summed E-state index contributed by atoms with van der Waals surface area (Å²) in [7, 11) is -8.56. The first-order valence-corrected chi connectivity index (χ1v) is 29.3. The predicted molar refractivity (Wildman–Crippen MR) is 154 cm³/mol. The van der Waals surface area contributed by atoms with E-state index in [1.807, 2.05) is 19.6 Å². The van der Waals surface area contributed by atoms with Gasteiger partial charge in [-0.1, -0.05) is 0 Å². The summed E-state index contributed by atoms with van der Waals surface area (Å²) in [5.41, 5.74) is 0. The molecule has 0 aromatic rings. The molecule has 0 aromatic heterocycles. The summed E-state index contributed by atoms with van der Waals surface area (Å²) >= 11 is 0.